The molecule has 0 saturated carbocycles. The molecular weight excluding hydrogens is 310 g/mol. The van der Waals surface area contributed by atoms with Crippen LogP contribution in [0.15, 0.2) is 40.8 Å². The van der Waals surface area contributed by atoms with Crippen LogP contribution in [0.5, 0.6) is 0 Å². The molecule has 0 fully saturated rings. The van der Waals surface area contributed by atoms with Crippen molar-refractivity contribution in [1.82, 2.24) is 15.2 Å². The van der Waals surface area contributed by atoms with Crippen molar-refractivity contribution in [3.05, 3.63) is 42.0 Å². The second-order valence-electron chi connectivity index (χ2n) is 4.96. The number of carboxylic acids is 1. The van der Waals surface area contributed by atoms with Gasteiger partial charge in [-0.25, -0.2) is 0 Å². The number of carboxylic acid groups (broad SMARTS) is 1. The van der Waals surface area contributed by atoms with Gasteiger partial charge < -0.3 is 21.0 Å². The van der Waals surface area contributed by atoms with Gasteiger partial charge in [0.25, 0.3) is 5.97 Å². The number of aromatic amines is 1. The van der Waals surface area contributed by atoms with Crippen molar-refractivity contribution >= 4 is 11.9 Å². The first kappa shape index (κ1) is 17.2. The highest BCUT2D eigenvalue weighted by molar-refractivity contribution is 5.63. The van der Waals surface area contributed by atoms with E-state index >= 15 is 0 Å². The molecule has 8 heteroatoms. The van der Waals surface area contributed by atoms with Crippen molar-refractivity contribution in [2.45, 2.75) is 13.3 Å². The van der Waals surface area contributed by atoms with Gasteiger partial charge in [-0.05, 0) is 30.7 Å². The van der Waals surface area contributed by atoms with Crippen molar-refractivity contribution in [3.8, 4) is 22.9 Å². The van der Waals surface area contributed by atoms with Crippen LogP contribution in [-0.4, -0.2) is 32.8 Å². The van der Waals surface area contributed by atoms with E-state index in [2.05, 4.69) is 27.3 Å². The van der Waals surface area contributed by atoms with Crippen LogP contribution >= 0.6 is 0 Å². The molecule has 0 bridgehead atoms. The lowest BCUT2D eigenvalue weighted by Crippen LogP contribution is -2.02. The minimum atomic E-state index is -0.833. The highest BCUT2D eigenvalue weighted by Gasteiger charge is 2.10. The predicted octanol–water partition coefficient (Wildman–Crippen LogP) is 1.91. The third kappa shape index (κ3) is 4.68. The molecule has 0 atom stereocenters. The van der Waals surface area contributed by atoms with E-state index in [1.54, 1.807) is 0 Å². The predicted molar refractivity (Wildman–Crippen MR) is 90.0 cm³/mol. The fourth-order valence-corrected chi connectivity index (χ4v) is 2.01. The second kappa shape index (κ2) is 7.93. The van der Waals surface area contributed by atoms with E-state index in [1.807, 2.05) is 24.3 Å². The normalized spacial score (nSPS) is 10.1. The number of nitrogens with one attached hydrogen (secondary N) is 1. The third-order valence-electron chi connectivity index (χ3n) is 3.01. The van der Waals surface area contributed by atoms with Gasteiger partial charge in [-0.15, -0.1) is 5.10 Å². The molecule has 0 spiro atoms. The Balaban J connectivity index is 0.000000471. The molecule has 3 rings (SSSR count). The molecule has 8 nitrogen and oxygen atoms in total. The maximum atomic E-state index is 9.00. The smallest absolute Gasteiger partial charge is 0.300 e. The molecule has 126 valence electrons. The molecule has 0 amide bonds. The van der Waals surface area contributed by atoms with Gasteiger partial charge in [-0.2, -0.15) is 4.98 Å². The molecule has 0 unspecified atom stereocenters. The average molecular weight is 329 g/mol. The molecule has 0 aliphatic carbocycles. The summed E-state index contributed by atoms with van der Waals surface area (Å²) < 4.78 is 5.75. The van der Waals surface area contributed by atoms with E-state index < -0.39 is 5.97 Å². The number of carbonyl (C=O) groups is 1. The largest absolute Gasteiger partial charge is 0.481 e. The average Bonchev–Trinajstić information content (AvgIpc) is 3.16. The first-order valence-corrected chi connectivity index (χ1v) is 7.26. The summed E-state index contributed by atoms with van der Waals surface area (Å²) in [7, 11) is 0. The number of hydrogen-bond acceptors (Lipinski definition) is 6. The standard InChI is InChI=1S/C14H15N5O.C2H4O2/c15-8-7-9-1-3-10(4-2-9)11-5-6-12(20-11)13-17-14(16)19-18-13;1-2(3)4/h1-6H,7-8,15H2,(H3,16,17,18,19);1H3,(H,3,4). The van der Waals surface area contributed by atoms with E-state index in [9.17, 15) is 0 Å². The summed E-state index contributed by atoms with van der Waals surface area (Å²) in [6.07, 6.45) is 0.876. The Kier molecular flexibility index (Phi) is 5.69. The van der Waals surface area contributed by atoms with E-state index in [0.29, 0.717) is 18.1 Å². The van der Waals surface area contributed by atoms with Gasteiger partial charge in [0.2, 0.25) is 5.95 Å². The Hall–Kier alpha value is -3.13. The minimum absolute atomic E-state index is 0.198. The number of furan rings is 1. The van der Waals surface area contributed by atoms with E-state index in [4.69, 9.17) is 25.8 Å². The summed E-state index contributed by atoms with van der Waals surface area (Å²) in [6, 6.07) is 11.9. The number of nitrogen functional groups attached to an aromatic ring is 1. The number of aliphatic carboxylic acids is 1. The number of nitrogens with zero attached hydrogens (tertiary/aromatic N) is 2. The number of rotatable bonds is 4. The number of nitrogens with two attached hydrogens (primary N) is 2. The third-order valence-corrected chi connectivity index (χ3v) is 3.01. The Bertz CT molecular complexity index is 788. The van der Waals surface area contributed by atoms with E-state index in [-0.39, 0.29) is 5.95 Å². The maximum absolute atomic E-state index is 9.00. The number of aromatic nitrogens is 3. The molecule has 2 heterocycles. The van der Waals surface area contributed by atoms with Gasteiger partial charge in [0.15, 0.2) is 11.6 Å². The zero-order chi connectivity index (χ0) is 17.5. The lowest BCUT2D eigenvalue weighted by molar-refractivity contribution is -0.134. The lowest BCUT2D eigenvalue weighted by atomic mass is 10.1. The molecule has 24 heavy (non-hydrogen) atoms. The van der Waals surface area contributed by atoms with Crippen molar-refractivity contribution in [3.63, 3.8) is 0 Å². The van der Waals surface area contributed by atoms with Gasteiger partial charge >= 0.3 is 0 Å². The molecule has 0 aliphatic heterocycles. The summed E-state index contributed by atoms with van der Waals surface area (Å²) in [6.45, 7) is 1.73. The first-order valence-electron chi connectivity index (χ1n) is 7.26. The van der Waals surface area contributed by atoms with Gasteiger partial charge in [0, 0.05) is 12.5 Å². The van der Waals surface area contributed by atoms with E-state index in [0.717, 1.165) is 24.7 Å². The topological polar surface area (TPSA) is 144 Å². The van der Waals surface area contributed by atoms with Gasteiger partial charge in [0.1, 0.15) is 5.76 Å². The summed E-state index contributed by atoms with van der Waals surface area (Å²) in [5.74, 6) is 1.27. The zero-order valence-electron chi connectivity index (χ0n) is 13.2. The molecule has 1 aromatic carbocycles. The highest BCUT2D eigenvalue weighted by Crippen LogP contribution is 2.27. The molecule has 2 aromatic heterocycles. The second-order valence-corrected chi connectivity index (χ2v) is 4.96. The number of H-pyrrole nitrogens is 1. The van der Waals surface area contributed by atoms with Crippen LogP contribution in [0.1, 0.15) is 12.5 Å². The number of hydrogen-bond donors (Lipinski definition) is 4. The van der Waals surface area contributed by atoms with E-state index in [1.165, 1.54) is 5.56 Å². The number of anilines is 1. The molecule has 3 aromatic rings. The highest BCUT2D eigenvalue weighted by atomic mass is 16.4. The monoisotopic (exact) mass is 329 g/mol. The van der Waals surface area contributed by atoms with Gasteiger partial charge in [0.05, 0.1) is 0 Å². The minimum Gasteiger partial charge on any atom is -0.481 e. The van der Waals surface area contributed by atoms with Crippen LogP contribution in [0.4, 0.5) is 5.95 Å². The first-order chi connectivity index (χ1) is 11.5. The summed E-state index contributed by atoms with van der Waals surface area (Å²) in [4.78, 5) is 13.0. The Morgan fingerprint density at radius 3 is 2.38 bits per heavy atom. The summed E-state index contributed by atoms with van der Waals surface area (Å²) >= 11 is 0. The fraction of sp³-hybridized carbons (Fsp3) is 0.188. The Morgan fingerprint density at radius 1 is 1.21 bits per heavy atom. The van der Waals surface area contributed by atoms with Crippen molar-refractivity contribution in [1.29, 1.82) is 0 Å². The van der Waals surface area contributed by atoms with Crippen molar-refractivity contribution < 1.29 is 14.3 Å². The molecule has 0 saturated heterocycles. The summed E-state index contributed by atoms with van der Waals surface area (Å²) in [5.41, 5.74) is 13.2. The van der Waals surface area contributed by atoms with Crippen LogP contribution in [-0.2, 0) is 11.2 Å². The maximum Gasteiger partial charge on any atom is 0.300 e. The Morgan fingerprint density at radius 2 is 1.83 bits per heavy atom. The molecular formula is C16H19N5O3. The van der Waals surface area contributed by atoms with Gasteiger partial charge in [-0.3, -0.25) is 9.89 Å². The Labute approximate surface area is 138 Å². The van der Waals surface area contributed by atoms with Crippen LogP contribution < -0.4 is 11.5 Å². The van der Waals surface area contributed by atoms with Crippen molar-refractivity contribution in [2.24, 2.45) is 5.73 Å². The summed E-state index contributed by atoms with van der Waals surface area (Å²) in [5, 5.41) is 13.9. The molecule has 6 N–H and O–H groups in total. The lowest BCUT2D eigenvalue weighted by Gasteiger charge is -2.00. The fourth-order valence-electron chi connectivity index (χ4n) is 2.01. The van der Waals surface area contributed by atoms with Crippen LogP contribution in [0.2, 0.25) is 0 Å². The number of benzene rings is 1. The molecule has 0 radical (unpaired) electrons. The van der Waals surface area contributed by atoms with Gasteiger partial charge in [-0.1, -0.05) is 24.3 Å². The quantitative estimate of drug-likeness (QED) is 0.572. The van der Waals surface area contributed by atoms with Crippen LogP contribution in [0, 0.1) is 0 Å². The zero-order valence-corrected chi connectivity index (χ0v) is 13.2. The molecule has 0 aliphatic rings. The van der Waals surface area contributed by atoms with Crippen LogP contribution in [0.3, 0.4) is 0 Å². The van der Waals surface area contributed by atoms with Crippen LogP contribution in [0.25, 0.3) is 22.9 Å². The SMILES string of the molecule is CC(=O)O.NCCc1ccc(-c2ccc(-c3nc(N)n[nH]3)o2)cc1. The van der Waals surface area contributed by atoms with Crippen molar-refractivity contribution in [2.75, 3.05) is 12.3 Å².